The average Bonchev–Trinajstić information content (AvgIpc) is 3.10. The van der Waals surface area contributed by atoms with E-state index in [1.807, 2.05) is 43.5 Å². The molecule has 1 atom stereocenters. The van der Waals surface area contributed by atoms with Crippen LogP contribution in [0.5, 0.6) is 0 Å². The highest BCUT2D eigenvalue weighted by atomic mass is 35.5. The van der Waals surface area contributed by atoms with Gasteiger partial charge in [0, 0.05) is 19.2 Å². The summed E-state index contributed by atoms with van der Waals surface area (Å²) in [7, 11) is 0. The van der Waals surface area contributed by atoms with E-state index in [2.05, 4.69) is 15.7 Å². The van der Waals surface area contributed by atoms with Gasteiger partial charge in [-0.1, -0.05) is 18.2 Å². The molecule has 1 aromatic carbocycles. The fraction of sp³-hybridized carbons (Fsp3) is 0.375. The van der Waals surface area contributed by atoms with Gasteiger partial charge in [-0.15, -0.1) is 12.4 Å². The Hall–Kier alpha value is -1.99. The van der Waals surface area contributed by atoms with E-state index < -0.39 is 30.8 Å². The molecule has 2 N–H and O–H groups in total. The third-order valence-electron chi connectivity index (χ3n) is 3.84. The Balaban J connectivity index is 0.00000208. The van der Waals surface area contributed by atoms with Crippen LogP contribution in [0.3, 0.4) is 0 Å². The molecule has 1 saturated heterocycles. The maximum Gasteiger partial charge on any atom is 0.262 e. The van der Waals surface area contributed by atoms with Gasteiger partial charge in [0.25, 0.3) is 5.92 Å². The van der Waals surface area contributed by atoms with E-state index >= 15 is 0 Å². The number of benzene rings is 1. The highest BCUT2D eigenvalue weighted by Gasteiger charge is 2.42. The van der Waals surface area contributed by atoms with E-state index in [0.717, 1.165) is 16.9 Å². The second-order valence-corrected chi connectivity index (χ2v) is 5.74. The molecule has 1 amide bonds. The first kappa shape index (κ1) is 18.4. The van der Waals surface area contributed by atoms with Crippen LogP contribution in [0.1, 0.15) is 17.7 Å². The van der Waals surface area contributed by atoms with Crippen LogP contribution in [0.25, 0.3) is 5.69 Å². The molecule has 1 fully saturated rings. The molecule has 130 valence electrons. The van der Waals surface area contributed by atoms with Gasteiger partial charge in [-0.2, -0.15) is 5.10 Å². The first-order chi connectivity index (χ1) is 10.9. The van der Waals surface area contributed by atoms with E-state index in [9.17, 15) is 13.6 Å². The first-order valence-corrected chi connectivity index (χ1v) is 7.44. The number of amides is 1. The minimum atomic E-state index is -2.81. The molecule has 0 radical (unpaired) electrons. The lowest BCUT2D eigenvalue weighted by Crippen LogP contribution is -2.40. The van der Waals surface area contributed by atoms with E-state index in [0.29, 0.717) is 0 Å². The van der Waals surface area contributed by atoms with Crippen LogP contribution in [0.4, 0.5) is 8.78 Å². The molecule has 0 aliphatic carbocycles. The predicted molar refractivity (Wildman–Crippen MR) is 88.8 cm³/mol. The zero-order valence-electron chi connectivity index (χ0n) is 13.1. The summed E-state index contributed by atoms with van der Waals surface area (Å²) in [4.78, 5) is 12.0. The lowest BCUT2D eigenvalue weighted by Gasteiger charge is -2.13. The molecule has 1 aliphatic rings. The van der Waals surface area contributed by atoms with Gasteiger partial charge in [-0.3, -0.25) is 10.1 Å². The number of halogens is 3. The number of carbonyl (C=O) groups is 1. The Bertz CT molecular complexity index is 720. The predicted octanol–water partition coefficient (Wildman–Crippen LogP) is 2.22. The van der Waals surface area contributed by atoms with Crippen LogP contribution in [-0.2, 0) is 11.3 Å². The molecular formula is C16H19ClF2N4O. The standard InChI is InChI=1S/C16H18F2N4O.ClH/c1-11-6-7-22(21-11)14-5-3-2-4-12(14)9-19-15(23)13-8-16(17,18)10-20-13;/h2-7,13,20H,8-10H2,1H3,(H,19,23);1H. The summed E-state index contributed by atoms with van der Waals surface area (Å²) in [5.41, 5.74) is 2.61. The van der Waals surface area contributed by atoms with Crippen molar-refractivity contribution in [3.63, 3.8) is 0 Å². The maximum absolute atomic E-state index is 13.2. The van der Waals surface area contributed by atoms with Crippen LogP contribution in [-0.4, -0.2) is 34.2 Å². The lowest BCUT2D eigenvalue weighted by molar-refractivity contribution is -0.123. The van der Waals surface area contributed by atoms with Gasteiger partial charge in [-0.05, 0) is 24.6 Å². The van der Waals surface area contributed by atoms with Crippen LogP contribution in [0, 0.1) is 6.92 Å². The number of hydrogen-bond acceptors (Lipinski definition) is 3. The quantitative estimate of drug-likeness (QED) is 0.883. The van der Waals surface area contributed by atoms with Gasteiger partial charge in [0.15, 0.2) is 0 Å². The fourth-order valence-corrected chi connectivity index (χ4v) is 2.64. The normalized spacial score (nSPS) is 18.9. The first-order valence-electron chi connectivity index (χ1n) is 7.44. The van der Waals surface area contributed by atoms with Crippen molar-refractivity contribution in [2.24, 2.45) is 0 Å². The second kappa shape index (κ2) is 7.27. The van der Waals surface area contributed by atoms with Gasteiger partial charge in [0.05, 0.1) is 24.0 Å². The zero-order valence-corrected chi connectivity index (χ0v) is 13.9. The van der Waals surface area contributed by atoms with Crippen LogP contribution < -0.4 is 10.6 Å². The summed E-state index contributed by atoms with van der Waals surface area (Å²) in [6.45, 7) is 1.71. The molecule has 8 heteroatoms. The van der Waals surface area contributed by atoms with Gasteiger partial charge < -0.3 is 5.32 Å². The second-order valence-electron chi connectivity index (χ2n) is 5.74. The third-order valence-corrected chi connectivity index (χ3v) is 3.84. The summed E-state index contributed by atoms with van der Waals surface area (Å²) in [5.74, 6) is -3.22. The third kappa shape index (κ3) is 4.10. The molecule has 1 aromatic heterocycles. The Kier molecular flexibility index (Phi) is 5.56. The number of carbonyl (C=O) groups excluding carboxylic acids is 1. The molecule has 1 unspecified atom stereocenters. The number of nitrogens with zero attached hydrogens (tertiary/aromatic N) is 2. The molecule has 0 bridgehead atoms. The van der Waals surface area contributed by atoms with Crippen molar-refractivity contribution in [3.05, 3.63) is 47.8 Å². The van der Waals surface area contributed by atoms with E-state index in [1.165, 1.54) is 0 Å². The molecular weight excluding hydrogens is 338 g/mol. The molecule has 2 aromatic rings. The van der Waals surface area contributed by atoms with Crippen LogP contribution in [0.2, 0.25) is 0 Å². The number of aromatic nitrogens is 2. The van der Waals surface area contributed by atoms with Crippen molar-refractivity contribution < 1.29 is 13.6 Å². The fourth-order valence-electron chi connectivity index (χ4n) is 2.64. The topological polar surface area (TPSA) is 59.0 Å². The van der Waals surface area contributed by atoms with Crippen molar-refractivity contribution in [2.75, 3.05) is 6.54 Å². The lowest BCUT2D eigenvalue weighted by atomic mass is 10.1. The van der Waals surface area contributed by atoms with Gasteiger partial charge >= 0.3 is 0 Å². The molecule has 2 heterocycles. The van der Waals surface area contributed by atoms with Gasteiger partial charge in [0.1, 0.15) is 0 Å². The van der Waals surface area contributed by atoms with Crippen LogP contribution >= 0.6 is 12.4 Å². The molecule has 1 aliphatic heterocycles. The molecule has 3 rings (SSSR count). The van der Waals surface area contributed by atoms with Crippen molar-refractivity contribution in [2.45, 2.75) is 31.9 Å². The number of para-hydroxylation sites is 1. The van der Waals surface area contributed by atoms with Gasteiger partial charge in [-0.25, -0.2) is 13.5 Å². The minimum Gasteiger partial charge on any atom is -0.351 e. The Morgan fingerprint density at radius 1 is 1.42 bits per heavy atom. The molecule has 0 spiro atoms. The van der Waals surface area contributed by atoms with Crippen molar-refractivity contribution >= 4 is 18.3 Å². The summed E-state index contributed by atoms with van der Waals surface area (Å²) in [5, 5.41) is 9.63. The van der Waals surface area contributed by atoms with E-state index in [1.54, 1.807) is 4.68 Å². The minimum absolute atomic E-state index is 0. The van der Waals surface area contributed by atoms with Crippen molar-refractivity contribution in [3.8, 4) is 5.69 Å². The van der Waals surface area contributed by atoms with Crippen LogP contribution in [0.15, 0.2) is 36.5 Å². The number of aryl methyl sites for hydroxylation is 1. The van der Waals surface area contributed by atoms with Crippen molar-refractivity contribution in [1.29, 1.82) is 0 Å². The number of alkyl halides is 2. The average molecular weight is 357 g/mol. The van der Waals surface area contributed by atoms with Gasteiger partial charge in [0.2, 0.25) is 5.91 Å². The largest absolute Gasteiger partial charge is 0.351 e. The summed E-state index contributed by atoms with van der Waals surface area (Å²) < 4.78 is 28.0. The Morgan fingerprint density at radius 3 is 2.79 bits per heavy atom. The summed E-state index contributed by atoms with van der Waals surface area (Å²) >= 11 is 0. The van der Waals surface area contributed by atoms with E-state index in [-0.39, 0.29) is 19.0 Å². The molecule has 5 nitrogen and oxygen atoms in total. The molecule has 0 saturated carbocycles. The number of nitrogens with one attached hydrogen (secondary N) is 2. The smallest absolute Gasteiger partial charge is 0.262 e. The number of hydrogen-bond donors (Lipinski definition) is 2. The molecule has 24 heavy (non-hydrogen) atoms. The number of rotatable bonds is 4. The maximum atomic E-state index is 13.2. The SMILES string of the molecule is Cc1ccn(-c2ccccc2CNC(=O)C2CC(F)(F)CN2)n1.Cl. The zero-order chi connectivity index (χ0) is 16.4. The summed E-state index contributed by atoms with van der Waals surface area (Å²) in [6.07, 6.45) is 1.38. The Labute approximate surface area is 144 Å². The Morgan fingerprint density at radius 2 is 2.17 bits per heavy atom. The highest BCUT2D eigenvalue weighted by Crippen LogP contribution is 2.25. The monoisotopic (exact) mass is 356 g/mol. The highest BCUT2D eigenvalue weighted by molar-refractivity contribution is 5.85. The van der Waals surface area contributed by atoms with Crippen molar-refractivity contribution in [1.82, 2.24) is 20.4 Å². The summed E-state index contributed by atoms with van der Waals surface area (Å²) in [6, 6.07) is 8.57. The van der Waals surface area contributed by atoms with E-state index in [4.69, 9.17) is 0 Å².